The lowest BCUT2D eigenvalue weighted by atomic mass is 10.1. The number of carbonyl (C=O) groups is 8. The maximum absolute atomic E-state index is 12.4. The Morgan fingerprint density at radius 3 is 0.799 bits per heavy atom. The lowest BCUT2D eigenvalue weighted by Gasteiger charge is -2.15. The van der Waals surface area contributed by atoms with Crippen molar-refractivity contribution >= 4 is 99.8 Å². The second kappa shape index (κ2) is 67.2. The summed E-state index contributed by atoms with van der Waals surface area (Å²) in [7, 11) is 1.63. The third-order valence-corrected chi connectivity index (χ3v) is 18.1. The standard InChI is InChI=1S/C16H21NO4.C15H17F3O3.C15H20O4.C15H20O3.C14H15Cl3O3.C14H17ClO3.C14H18O3/c1-11(2)16(19)21-9-12(3)20-10-14-5-7-15(8-6-14)17-13(4)18;1-10(2)14(19)21-8-11(3)20-9-12-4-6-13(7-5-12)15(16,17)18;1-11(2)15(16)19-9-12(3)18-10-13-5-7-14(17-4)8-6-13;1-11(2)15(16)18-9-13(4)17-10-14-7-5-12(3)6-8-14;1-8(2)14(18)20-6-9(3)19-7-11-12(16)4-10(15)5-13(11)17;1-10(2)14(16)18-8-11(3)17-9-12-4-6-13(15)7-5-12;1-11(2)14(15)17-9-12(3)16-10-13-7-5-4-6-8-13/h5-8,12H,1,9-10H2,2-4H3,(H,17,18);4-7,11H,1,8-9H2,2-3H3;5-8,12H,1,9-10H2,2-4H3;5-8,13H,1,9-10H2,2-4H3;4-5,9H,1,6-7H2,2-3H3;4-7,11H,1,8-9H2,2-3H3;4-8,12H,1,9-10H2,2-3H3. The van der Waals surface area contributed by atoms with Gasteiger partial charge in [0.25, 0.3) is 0 Å². The Bertz CT molecular complexity index is 4730. The number of ether oxygens (including phenoxy) is 15. The van der Waals surface area contributed by atoms with Crippen molar-refractivity contribution in [2.75, 3.05) is 58.7 Å². The van der Waals surface area contributed by atoms with Gasteiger partial charge in [-0.3, -0.25) is 4.79 Å². The first kappa shape index (κ1) is 121. The minimum atomic E-state index is -4.34. The number of alkyl halides is 3. The van der Waals surface area contributed by atoms with Crippen LogP contribution in [0.2, 0.25) is 20.1 Å². The Hall–Kier alpha value is -11.1. The van der Waals surface area contributed by atoms with Crippen LogP contribution in [0, 0.1) is 6.92 Å². The van der Waals surface area contributed by atoms with E-state index in [0.29, 0.717) is 103 Å². The minimum absolute atomic E-state index is 0.0618. The zero-order chi connectivity index (χ0) is 101. The molecule has 0 aromatic heterocycles. The first-order chi connectivity index (χ1) is 63.0. The van der Waals surface area contributed by atoms with E-state index in [9.17, 15) is 51.5 Å². The van der Waals surface area contributed by atoms with Gasteiger partial charge in [0.05, 0.1) is 102 Å². The summed E-state index contributed by atoms with van der Waals surface area (Å²) >= 11 is 23.7. The third-order valence-electron chi connectivity index (χ3n) is 17.0. The van der Waals surface area contributed by atoms with Crippen LogP contribution in [0.4, 0.5) is 18.9 Å². The summed E-state index contributed by atoms with van der Waals surface area (Å²) in [4.78, 5) is 89.2. The van der Waals surface area contributed by atoms with Crippen molar-refractivity contribution in [3.8, 4) is 5.75 Å². The van der Waals surface area contributed by atoms with E-state index in [0.717, 1.165) is 51.4 Å². The maximum Gasteiger partial charge on any atom is 0.416 e. The van der Waals surface area contributed by atoms with Crippen LogP contribution in [-0.4, -0.2) is 144 Å². The number of methoxy groups -OCH3 is 1. The van der Waals surface area contributed by atoms with E-state index in [1.807, 2.05) is 169 Å². The molecule has 0 radical (unpaired) electrons. The van der Waals surface area contributed by atoms with Gasteiger partial charge >= 0.3 is 48.0 Å². The molecule has 7 atom stereocenters. The summed E-state index contributed by atoms with van der Waals surface area (Å²) < 4.78 is 116. The molecule has 0 saturated heterocycles. The molecular formula is C103H128Cl4F3NO23. The number of amides is 1. The summed E-state index contributed by atoms with van der Waals surface area (Å²) in [5, 5.41) is 4.73. The van der Waals surface area contributed by atoms with E-state index in [1.165, 1.54) is 31.5 Å². The fourth-order valence-corrected chi connectivity index (χ4v) is 10.2. The predicted octanol–water partition coefficient (Wildman–Crippen LogP) is 22.9. The Kier molecular flexibility index (Phi) is 60.6. The number of halogens is 7. The van der Waals surface area contributed by atoms with Crippen molar-refractivity contribution < 1.29 is 123 Å². The molecule has 7 unspecified atom stereocenters. The van der Waals surface area contributed by atoms with Gasteiger partial charge < -0.3 is 76.4 Å². The number of nitrogens with one attached hydrogen (secondary N) is 1. The van der Waals surface area contributed by atoms with Gasteiger partial charge in [0.2, 0.25) is 5.91 Å². The molecule has 7 aromatic rings. The third kappa shape index (κ3) is 58.2. The van der Waals surface area contributed by atoms with Crippen LogP contribution in [0.5, 0.6) is 5.75 Å². The number of carbonyl (C=O) groups excluding carboxylic acids is 8. The zero-order valence-corrected chi connectivity index (χ0v) is 82.5. The van der Waals surface area contributed by atoms with Crippen molar-refractivity contribution in [3.63, 3.8) is 0 Å². The van der Waals surface area contributed by atoms with Crippen molar-refractivity contribution in [2.24, 2.45) is 0 Å². The van der Waals surface area contributed by atoms with Crippen molar-refractivity contribution in [2.45, 2.75) is 206 Å². The van der Waals surface area contributed by atoms with E-state index in [1.54, 1.807) is 74.6 Å². The van der Waals surface area contributed by atoms with Crippen molar-refractivity contribution in [1.29, 1.82) is 0 Å². The molecule has 0 heterocycles. The van der Waals surface area contributed by atoms with Gasteiger partial charge in [-0.1, -0.05) is 201 Å². The summed E-state index contributed by atoms with van der Waals surface area (Å²) in [6.45, 7) is 56.0. The molecule has 7 aromatic carbocycles. The monoisotopic (exact) mass is 1940 g/mol. The Morgan fingerprint density at radius 2 is 0.552 bits per heavy atom. The molecule has 0 aliphatic carbocycles. The fraction of sp³-hybridized carbons (Fsp3) is 0.379. The highest BCUT2D eigenvalue weighted by Crippen LogP contribution is 2.31. The average Bonchev–Trinajstić information content (AvgIpc) is 0.848. The van der Waals surface area contributed by atoms with Gasteiger partial charge in [-0.05, 0) is 198 Å². The molecular weight excluding hydrogens is 1820 g/mol. The van der Waals surface area contributed by atoms with E-state index < -0.39 is 35.6 Å². The normalized spacial score (nSPS) is 12.0. The van der Waals surface area contributed by atoms with Crippen LogP contribution in [0.25, 0.3) is 0 Å². The highest BCUT2D eigenvalue weighted by atomic mass is 35.5. The maximum atomic E-state index is 12.4. The van der Waals surface area contributed by atoms with Crippen molar-refractivity contribution in [3.05, 3.63) is 319 Å². The molecule has 1 amide bonds. The average molecular weight is 1950 g/mol. The molecule has 0 aliphatic heterocycles. The number of hydrogen-bond donors (Lipinski definition) is 1. The smallest absolute Gasteiger partial charge is 0.416 e. The zero-order valence-electron chi connectivity index (χ0n) is 79.5. The number of anilines is 1. The Morgan fingerprint density at radius 1 is 0.321 bits per heavy atom. The first-order valence-corrected chi connectivity index (χ1v) is 43.7. The SMILES string of the molecule is C=C(C)C(=O)OCC(C)OCc1c(Cl)cc(Cl)cc1Cl.C=C(C)C(=O)OCC(C)OCc1ccc(C(F)(F)F)cc1.C=C(C)C(=O)OCC(C)OCc1ccc(C)cc1.C=C(C)C(=O)OCC(C)OCc1ccc(Cl)cc1.C=C(C)C(=O)OCC(C)OCc1ccc(NC(C)=O)cc1.C=C(C)C(=O)OCC(C)OCc1ccc(OC)cc1.C=C(C)C(=O)OCC(C)OCc1ccccc1. The van der Waals surface area contributed by atoms with Crippen molar-refractivity contribution in [1.82, 2.24) is 0 Å². The lowest BCUT2D eigenvalue weighted by molar-refractivity contribution is -0.143. The van der Waals surface area contributed by atoms with Crippen LogP contribution < -0.4 is 10.1 Å². The molecule has 24 nitrogen and oxygen atoms in total. The molecule has 0 aliphatic rings. The second-order valence-corrected chi connectivity index (χ2v) is 32.6. The quantitative estimate of drug-likeness (QED) is 0.0211. The molecule has 0 fully saturated rings. The molecule has 134 heavy (non-hydrogen) atoms. The van der Waals surface area contributed by atoms with Gasteiger partial charge in [0.15, 0.2) is 0 Å². The topological polar surface area (TPSA) is 287 Å². The molecule has 0 bridgehead atoms. The van der Waals surface area contributed by atoms with E-state index >= 15 is 0 Å². The number of rotatable bonds is 44. The predicted molar refractivity (Wildman–Crippen MR) is 516 cm³/mol. The molecule has 0 saturated carbocycles. The van der Waals surface area contributed by atoms with E-state index in [-0.39, 0.29) is 126 Å². The molecule has 0 spiro atoms. The van der Waals surface area contributed by atoms with Gasteiger partial charge in [-0.15, -0.1) is 0 Å². The Labute approximate surface area is 806 Å². The van der Waals surface area contributed by atoms with E-state index in [2.05, 4.69) is 51.4 Å². The summed E-state index contributed by atoms with van der Waals surface area (Å²) in [6, 6.07) is 48.4. The summed E-state index contributed by atoms with van der Waals surface area (Å²) in [6.07, 6.45) is -5.79. The number of aryl methyl sites for hydroxylation is 1. The number of hydrogen-bond acceptors (Lipinski definition) is 23. The van der Waals surface area contributed by atoms with Gasteiger partial charge in [0.1, 0.15) is 52.0 Å². The summed E-state index contributed by atoms with van der Waals surface area (Å²) in [5.74, 6) is -2.18. The highest BCUT2D eigenvalue weighted by molar-refractivity contribution is 6.39. The van der Waals surface area contributed by atoms with Crippen LogP contribution in [0.3, 0.4) is 0 Å². The van der Waals surface area contributed by atoms with Crippen LogP contribution in [0.1, 0.15) is 154 Å². The highest BCUT2D eigenvalue weighted by Gasteiger charge is 2.30. The number of benzene rings is 7. The minimum Gasteiger partial charge on any atom is -0.497 e. The molecule has 732 valence electrons. The second-order valence-electron chi connectivity index (χ2n) is 30.9. The van der Waals surface area contributed by atoms with Gasteiger partial charge in [0, 0.05) is 77.3 Å². The largest absolute Gasteiger partial charge is 0.497 e. The molecule has 31 heteroatoms. The van der Waals surface area contributed by atoms with E-state index in [4.69, 9.17) is 117 Å². The van der Waals surface area contributed by atoms with Crippen LogP contribution >= 0.6 is 46.4 Å². The summed E-state index contributed by atoms with van der Waals surface area (Å²) in [5.41, 5.74) is 10.4. The van der Waals surface area contributed by atoms with Gasteiger partial charge in [-0.2, -0.15) is 13.2 Å². The van der Waals surface area contributed by atoms with Gasteiger partial charge in [-0.25, -0.2) is 33.6 Å². The lowest BCUT2D eigenvalue weighted by Crippen LogP contribution is -2.19. The molecule has 1 N–H and O–H groups in total. The Balaban J connectivity index is 0.000000783. The van der Waals surface area contributed by atoms with Crippen LogP contribution in [0.15, 0.2) is 249 Å². The van der Waals surface area contributed by atoms with Crippen LogP contribution in [-0.2, 0) is 157 Å². The molecule has 7 rings (SSSR count). The number of esters is 7. The first-order valence-electron chi connectivity index (χ1n) is 42.2. The fourth-order valence-electron chi connectivity index (χ4n) is 9.16.